The summed E-state index contributed by atoms with van der Waals surface area (Å²) < 4.78 is 15.2. The van der Waals surface area contributed by atoms with Crippen molar-refractivity contribution in [3.05, 3.63) is 51.6 Å². The maximum Gasteiger partial charge on any atom is 0.123 e. The topological polar surface area (TPSA) is 29.9 Å². The van der Waals surface area contributed by atoms with Crippen LogP contribution in [0.3, 0.4) is 0 Å². The van der Waals surface area contributed by atoms with E-state index in [2.05, 4.69) is 17.3 Å². The van der Waals surface area contributed by atoms with Crippen LogP contribution in [0, 0.1) is 19.7 Å². The average molecular weight is 296 g/mol. The van der Waals surface area contributed by atoms with Crippen molar-refractivity contribution in [2.75, 3.05) is 7.05 Å². The Kier molecular flexibility index (Phi) is 4.45. The molecule has 0 aliphatic heterocycles. The maximum absolute atomic E-state index is 13.3. The first kappa shape index (κ1) is 15.0. The molecule has 1 aromatic carbocycles. The molecule has 0 aliphatic rings. The van der Waals surface area contributed by atoms with Crippen molar-refractivity contribution in [1.29, 1.82) is 0 Å². The number of hydrogen-bond acceptors (Lipinski definition) is 2. The molecule has 0 saturated heterocycles. The molecule has 20 heavy (non-hydrogen) atoms. The zero-order chi connectivity index (χ0) is 14.9. The highest BCUT2D eigenvalue weighted by Gasteiger charge is 2.17. The molecule has 1 unspecified atom stereocenters. The van der Waals surface area contributed by atoms with Gasteiger partial charge in [-0.05, 0) is 51.6 Å². The van der Waals surface area contributed by atoms with E-state index in [9.17, 15) is 4.39 Å². The van der Waals surface area contributed by atoms with Crippen molar-refractivity contribution < 1.29 is 4.39 Å². The maximum atomic E-state index is 13.3. The Bertz CT molecular complexity index is 622. The zero-order valence-electron chi connectivity index (χ0n) is 12.2. The number of benzene rings is 1. The number of nitrogens with one attached hydrogen (secondary N) is 1. The van der Waals surface area contributed by atoms with Crippen LogP contribution in [0.4, 0.5) is 4.39 Å². The molecule has 1 N–H and O–H groups in total. The van der Waals surface area contributed by atoms with Gasteiger partial charge in [-0.1, -0.05) is 11.6 Å². The average Bonchev–Trinajstić information content (AvgIpc) is 2.68. The standard InChI is InChI=1S/C15H19ClFN3/c1-9(18-4)15-10(2)19-20(11(15)3)8-12-7-13(17)5-6-14(12)16/h5-7,9,18H,8H2,1-4H3. The smallest absolute Gasteiger partial charge is 0.123 e. The largest absolute Gasteiger partial charge is 0.313 e. The molecule has 108 valence electrons. The monoisotopic (exact) mass is 295 g/mol. The molecule has 5 heteroatoms. The lowest BCUT2D eigenvalue weighted by atomic mass is 10.1. The molecule has 0 aliphatic carbocycles. The van der Waals surface area contributed by atoms with Gasteiger partial charge in [0.2, 0.25) is 0 Å². The predicted molar refractivity (Wildman–Crippen MR) is 79.7 cm³/mol. The molecule has 0 amide bonds. The normalized spacial score (nSPS) is 12.7. The number of aromatic nitrogens is 2. The summed E-state index contributed by atoms with van der Waals surface area (Å²) >= 11 is 6.11. The van der Waals surface area contributed by atoms with Crippen molar-refractivity contribution in [1.82, 2.24) is 15.1 Å². The van der Waals surface area contributed by atoms with Crippen molar-refractivity contribution in [2.24, 2.45) is 0 Å². The molecule has 1 heterocycles. The van der Waals surface area contributed by atoms with Crippen LogP contribution in [0.15, 0.2) is 18.2 Å². The fourth-order valence-electron chi connectivity index (χ4n) is 2.46. The molecule has 2 rings (SSSR count). The molecular weight excluding hydrogens is 277 g/mol. The summed E-state index contributed by atoms with van der Waals surface area (Å²) in [4.78, 5) is 0. The summed E-state index contributed by atoms with van der Waals surface area (Å²) in [5, 5.41) is 8.32. The first-order valence-corrected chi connectivity index (χ1v) is 6.97. The van der Waals surface area contributed by atoms with Gasteiger partial charge in [-0.3, -0.25) is 4.68 Å². The molecule has 0 saturated carbocycles. The minimum atomic E-state index is -0.283. The predicted octanol–water partition coefficient (Wildman–Crippen LogP) is 3.62. The quantitative estimate of drug-likeness (QED) is 0.933. The van der Waals surface area contributed by atoms with Gasteiger partial charge in [0, 0.05) is 22.3 Å². The second-order valence-electron chi connectivity index (χ2n) is 4.99. The van der Waals surface area contributed by atoms with Crippen molar-refractivity contribution in [2.45, 2.75) is 33.4 Å². The van der Waals surface area contributed by atoms with Crippen LogP contribution in [0.1, 0.15) is 35.5 Å². The third kappa shape index (κ3) is 2.86. The van der Waals surface area contributed by atoms with E-state index in [4.69, 9.17) is 11.6 Å². The Labute approximate surface area is 123 Å². The third-order valence-electron chi connectivity index (χ3n) is 3.63. The Morgan fingerprint density at radius 2 is 2.10 bits per heavy atom. The lowest BCUT2D eigenvalue weighted by molar-refractivity contribution is 0.613. The van der Waals surface area contributed by atoms with Crippen LogP contribution in [0.5, 0.6) is 0 Å². The van der Waals surface area contributed by atoms with Gasteiger partial charge in [0.15, 0.2) is 0 Å². The summed E-state index contributed by atoms with van der Waals surface area (Å²) in [5.74, 6) is -0.283. The van der Waals surface area contributed by atoms with Crippen LogP contribution in [0.25, 0.3) is 0 Å². The van der Waals surface area contributed by atoms with Gasteiger partial charge in [-0.15, -0.1) is 0 Å². The van der Waals surface area contributed by atoms with E-state index < -0.39 is 0 Å². The summed E-state index contributed by atoms with van der Waals surface area (Å²) in [7, 11) is 1.92. The van der Waals surface area contributed by atoms with Gasteiger partial charge in [-0.2, -0.15) is 5.10 Å². The van der Waals surface area contributed by atoms with Crippen LogP contribution < -0.4 is 5.32 Å². The van der Waals surface area contributed by atoms with Crippen LogP contribution in [-0.2, 0) is 6.54 Å². The molecule has 0 bridgehead atoms. The highest BCUT2D eigenvalue weighted by molar-refractivity contribution is 6.31. The van der Waals surface area contributed by atoms with Crippen molar-refractivity contribution >= 4 is 11.6 Å². The highest BCUT2D eigenvalue weighted by Crippen LogP contribution is 2.24. The van der Waals surface area contributed by atoms with E-state index in [1.165, 1.54) is 17.7 Å². The van der Waals surface area contributed by atoms with E-state index in [0.717, 1.165) is 17.0 Å². The van der Waals surface area contributed by atoms with E-state index >= 15 is 0 Å². The van der Waals surface area contributed by atoms with Crippen molar-refractivity contribution in [3.8, 4) is 0 Å². The summed E-state index contributed by atoms with van der Waals surface area (Å²) in [5.41, 5.74) is 3.97. The summed E-state index contributed by atoms with van der Waals surface area (Å²) in [6.07, 6.45) is 0. The van der Waals surface area contributed by atoms with Gasteiger partial charge in [0.25, 0.3) is 0 Å². The van der Waals surface area contributed by atoms with Gasteiger partial charge in [0.1, 0.15) is 5.82 Å². The minimum absolute atomic E-state index is 0.228. The SMILES string of the molecule is CNC(C)c1c(C)nn(Cc2cc(F)ccc2Cl)c1C. The molecule has 0 spiro atoms. The molecule has 2 aromatic rings. The van der Waals surface area contributed by atoms with Gasteiger partial charge >= 0.3 is 0 Å². The van der Waals surface area contributed by atoms with Gasteiger partial charge in [0.05, 0.1) is 12.2 Å². The fourth-order valence-corrected chi connectivity index (χ4v) is 2.64. The molecule has 1 atom stereocenters. The van der Waals surface area contributed by atoms with Gasteiger partial charge in [-0.25, -0.2) is 4.39 Å². The minimum Gasteiger partial charge on any atom is -0.313 e. The van der Waals surface area contributed by atoms with Crippen molar-refractivity contribution in [3.63, 3.8) is 0 Å². The number of rotatable bonds is 4. The lowest BCUT2D eigenvalue weighted by Gasteiger charge is -2.12. The second-order valence-corrected chi connectivity index (χ2v) is 5.40. The van der Waals surface area contributed by atoms with Crippen LogP contribution >= 0.6 is 11.6 Å². The van der Waals surface area contributed by atoms with E-state index in [1.54, 1.807) is 6.07 Å². The molecule has 3 nitrogen and oxygen atoms in total. The number of aryl methyl sites for hydroxylation is 1. The molecule has 0 radical (unpaired) electrons. The van der Waals surface area contributed by atoms with Crippen LogP contribution in [0.2, 0.25) is 5.02 Å². The van der Waals surface area contributed by atoms with Gasteiger partial charge < -0.3 is 5.32 Å². The Hall–Kier alpha value is -1.39. The Balaban J connectivity index is 2.37. The number of nitrogens with zero attached hydrogens (tertiary/aromatic N) is 2. The Morgan fingerprint density at radius 3 is 2.75 bits per heavy atom. The van der Waals surface area contributed by atoms with E-state index in [0.29, 0.717) is 11.6 Å². The summed E-state index contributed by atoms with van der Waals surface area (Å²) in [6, 6.07) is 4.63. The molecular formula is C15H19ClFN3. The molecule has 0 fully saturated rings. The second kappa shape index (κ2) is 5.94. The highest BCUT2D eigenvalue weighted by atomic mass is 35.5. The number of hydrogen-bond donors (Lipinski definition) is 1. The van der Waals surface area contributed by atoms with E-state index in [1.807, 2.05) is 25.6 Å². The first-order valence-electron chi connectivity index (χ1n) is 6.59. The zero-order valence-corrected chi connectivity index (χ0v) is 12.9. The fraction of sp³-hybridized carbons (Fsp3) is 0.400. The number of halogens is 2. The first-order chi connectivity index (χ1) is 9.43. The van der Waals surface area contributed by atoms with E-state index in [-0.39, 0.29) is 11.9 Å². The lowest BCUT2D eigenvalue weighted by Crippen LogP contribution is -2.14. The summed E-state index contributed by atoms with van der Waals surface area (Å²) in [6.45, 7) is 6.58. The third-order valence-corrected chi connectivity index (χ3v) is 4.00. The van der Waals surface area contributed by atoms with Crippen LogP contribution in [-0.4, -0.2) is 16.8 Å². The Morgan fingerprint density at radius 1 is 1.40 bits per heavy atom. The molecule has 1 aromatic heterocycles.